The van der Waals surface area contributed by atoms with E-state index in [1.807, 2.05) is 17.4 Å². The van der Waals surface area contributed by atoms with Gasteiger partial charge in [0, 0.05) is 29.4 Å². The van der Waals surface area contributed by atoms with E-state index >= 15 is 0 Å². The second-order valence-corrected chi connectivity index (χ2v) is 7.28. The third-order valence-electron chi connectivity index (χ3n) is 4.78. The number of benzene rings is 1. The predicted molar refractivity (Wildman–Crippen MR) is 88.9 cm³/mol. The molecule has 2 atom stereocenters. The number of hydrogen-bond acceptors (Lipinski definition) is 3. The second-order valence-electron chi connectivity index (χ2n) is 6.28. The quantitative estimate of drug-likeness (QED) is 0.932. The van der Waals surface area contributed by atoms with Gasteiger partial charge in [-0.05, 0) is 35.9 Å². The lowest BCUT2D eigenvalue weighted by atomic mass is 9.81. The van der Waals surface area contributed by atoms with Gasteiger partial charge in [0.25, 0.3) is 0 Å². The fourth-order valence-electron chi connectivity index (χ4n) is 3.30. The van der Waals surface area contributed by atoms with E-state index in [2.05, 4.69) is 54.5 Å². The van der Waals surface area contributed by atoms with Gasteiger partial charge in [0.15, 0.2) is 0 Å². The lowest BCUT2D eigenvalue weighted by Crippen LogP contribution is -2.44. The third-order valence-corrected chi connectivity index (χ3v) is 5.77. The van der Waals surface area contributed by atoms with Crippen molar-refractivity contribution in [2.24, 2.45) is 0 Å². The van der Waals surface area contributed by atoms with Crippen molar-refractivity contribution in [1.29, 1.82) is 0 Å². The maximum absolute atomic E-state index is 9.99. The molecule has 0 saturated heterocycles. The minimum Gasteiger partial charge on any atom is -0.395 e. The van der Waals surface area contributed by atoms with E-state index in [-0.39, 0.29) is 12.0 Å². The first-order valence-corrected chi connectivity index (χ1v) is 8.49. The van der Waals surface area contributed by atoms with E-state index in [4.69, 9.17) is 0 Å². The molecule has 0 amide bonds. The van der Waals surface area contributed by atoms with E-state index in [9.17, 15) is 5.11 Å². The standard InChI is InChI=1S/C18H23NOS/c1-14-16-9-11-21-17(16)8-10-19(14)12-18(2,13-20)15-6-4-3-5-7-15/h3-7,9,11,14,20H,8,10,12-13H2,1-2H3. The summed E-state index contributed by atoms with van der Waals surface area (Å²) in [6, 6.07) is 13.1. The van der Waals surface area contributed by atoms with Crippen molar-refractivity contribution in [3.05, 3.63) is 57.8 Å². The van der Waals surface area contributed by atoms with Crippen LogP contribution in [0.4, 0.5) is 0 Å². The predicted octanol–water partition coefficient (Wildman–Crippen LogP) is 3.62. The third kappa shape index (κ3) is 2.78. The Morgan fingerprint density at radius 1 is 1.29 bits per heavy atom. The van der Waals surface area contributed by atoms with E-state index in [1.54, 1.807) is 0 Å². The molecule has 2 nitrogen and oxygen atoms in total. The zero-order chi connectivity index (χ0) is 14.9. The van der Waals surface area contributed by atoms with Gasteiger partial charge in [0.1, 0.15) is 0 Å². The molecule has 0 bridgehead atoms. The molecule has 0 spiro atoms. The molecule has 2 unspecified atom stereocenters. The van der Waals surface area contributed by atoms with E-state index in [0.717, 1.165) is 19.5 Å². The van der Waals surface area contributed by atoms with Crippen molar-refractivity contribution in [3.63, 3.8) is 0 Å². The Kier molecular flexibility index (Phi) is 4.16. The molecule has 0 saturated carbocycles. The molecule has 21 heavy (non-hydrogen) atoms. The summed E-state index contributed by atoms with van der Waals surface area (Å²) in [7, 11) is 0. The number of aliphatic hydroxyl groups is 1. The minimum absolute atomic E-state index is 0.177. The van der Waals surface area contributed by atoms with Gasteiger partial charge in [-0.3, -0.25) is 4.90 Å². The Labute approximate surface area is 131 Å². The molecule has 3 heteroatoms. The summed E-state index contributed by atoms with van der Waals surface area (Å²) >= 11 is 1.88. The molecule has 1 aliphatic heterocycles. The van der Waals surface area contributed by atoms with Gasteiger partial charge in [-0.15, -0.1) is 11.3 Å². The summed E-state index contributed by atoms with van der Waals surface area (Å²) in [6.07, 6.45) is 1.13. The van der Waals surface area contributed by atoms with Crippen LogP contribution in [0, 0.1) is 0 Å². The number of rotatable bonds is 4. The Hall–Kier alpha value is -1.16. The highest BCUT2D eigenvalue weighted by atomic mass is 32.1. The van der Waals surface area contributed by atoms with Crippen LogP contribution in [0.1, 0.15) is 35.9 Å². The monoisotopic (exact) mass is 301 g/mol. The van der Waals surface area contributed by atoms with Crippen molar-refractivity contribution in [1.82, 2.24) is 4.90 Å². The molecule has 112 valence electrons. The summed E-state index contributed by atoms with van der Waals surface area (Å²) in [4.78, 5) is 4.04. The van der Waals surface area contributed by atoms with Gasteiger partial charge >= 0.3 is 0 Å². The summed E-state index contributed by atoms with van der Waals surface area (Å²) in [5.41, 5.74) is 2.48. The van der Waals surface area contributed by atoms with Gasteiger partial charge in [0.05, 0.1) is 6.61 Å². The maximum atomic E-state index is 9.99. The summed E-state index contributed by atoms with van der Waals surface area (Å²) < 4.78 is 0. The molecule has 1 aromatic heterocycles. The van der Waals surface area contributed by atoms with E-state index in [0.29, 0.717) is 6.04 Å². The lowest BCUT2D eigenvalue weighted by molar-refractivity contribution is 0.114. The van der Waals surface area contributed by atoms with Crippen molar-refractivity contribution in [3.8, 4) is 0 Å². The molecule has 2 heterocycles. The van der Waals surface area contributed by atoms with Crippen LogP contribution >= 0.6 is 11.3 Å². The molecule has 2 aromatic rings. The summed E-state index contributed by atoms with van der Waals surface area (Å²) in [5.74, 6) is 0. The Balaban J connectivity index is 1.82. The molecule has 3 rings (SSSR count). The fourth-order valence-corrected chi connectivity index (χ4v) is 4.26. The normalized spacial score (nSPS) is 21.8. The molecule has 0 aliphatic carbocycles. The van der Waals surface area contributed by atoms with Crippen LogP contribution in [-0.2, 0) is 11.8 Å². The van der Waals surface area contributed by atoms with E-state index in [1.165, 1.54) is 16.0 Å². The molecule has 0 fully saturated rings. The van der Waals surface area contributed by atoms with Crippen molar-refractivity contribution in [2.75, 3.05) is 19.7 Å². The number of fused-ring (bicyclic) bond motifs is 1. The molecular formula is C18H23NOS. The second kappa shape index (κ2) is 5.91. The van der Waals surface area contributed by atoms with Gasteiger partial charge < -0.3 is 5.11 Å². The summed E-state index contributed by atoms with van der Waals surface area (Å²) in [6.45, 7) is 6.60. The van der Waals surface area contributed by atoms with Crippen LogP contribution in [0.2, 0.25) is 0 Å². The van der Waals surface area contributed by atoms with Gasteiger partial charge in [-0.2, -0.15) is 0 Å². The highest BCUT2D eigenvalue weighted by Crippen LogP contribution is 2.35. The van der Waals surface area contributed by atoms with Gasteiger partial charge in [0.2, 0.25) is 0 Å². The Morgan fingerprint density at radius 2 is 2.05 bits per heavy atom. The van der Waals surface area contributed by atoms with E-state index < -0.39 is 0 Å². The highest BCUT2D eigenvalue weighted by molar-refractivity contribution is 7.10. The molecule has 0 radical (unpaired) electrons. The highest BCUT2D eigenvalue weighted by Gasteiger charge is 2.33. The Bertz CT molecular complexity index is 594. The first-order valence-electron chi connectivity index (χ1n) is 7.61. The zero-order valence-corrected chi connectivity index (χ0v) is 13.6. The summed E-state index contributed by atoms with van der Waals surface area (Å²) in [5, 5.41) is 12.2. The van der Waals surface area contributed by atoms with Gasteiger partial charge in [-0.25, -0.2) is 0 Å². The van der Waals surface area contributed by atoms with Crippen LogP contribution in [0.3, 0.4) is 0 Å². The average Bonchev–Trinajstić information content (AvgIpc) is 3.00. The molecule has 1 aromatic carbocycles. The first-order chi connectivity index (χ1) is 10.1. The van der Waals surface area contributed by atoms with Gasteiger partial charge in [-0.1, -0.05) is 37.3 Å². The van der Waals surface area contributed by atoms with Crippen LogP contribution in [0.25, 0.3) is 0 Å². The maximum Gasteiger partial charge on any atom is 0.0537 e. The van der Waals surface area contributed by atoms with Crippen LogP contribution in [-0.4, -0.2) is 29.7 Å². The fraction of sp³-hybridized carbons (Fsp3) is 0.444. The minimum atomic E-state index is -0.205. The number of nitrogens with zero attached hydrogens (tertiary/aromatic N) is 1. The van der Waals surface area contributed by atoms with Crippen LogP contribution < -0.4 is 0 Å². The van der Waals surface area contributed by atoms with Crippen molar-refractivity contribution in [2.45, 2.75) is 31.7 Å². The average molecular weight is 301 g/mol. The van der Waals surface area contributed by atoms with Crippen LogP contribution in [0.5, 0.6) is 0 Å². The molecule has 1 aliphatic rings. The lowest BCUT2D eigenvalue weighted by Gasteiger charge is -2.40. The molecule has 1 N–H and O–H groups in total. The SMILES string of the molecule is CC1c2ccsc2CCN1CC(C)(CO)c1ccccc1. The Morgan fingerprint density at radius 3 is 2.76 bits per heavy atom. The first kappa shape index (κ1) is 14.8. The van der Waals surface area contributed by atoms with Crippen molar-refractivity contribution >= 4 is 11.3 Å². The number of hydrogen-bond donors (Lipinski definition) is 1. The zero-order valence-electron chi connectivity index (χ0n) is 12.7. The van der Waals surface area contributed by atoms with Crippen LogP contribution in [0.15, 0.2) is 41.8 Å². The number of aliphatic hydroxyl groups excluding tert-OH is 1. The van der Waals surface area contributed by atoms with Crippen molar-refractivity contribution < 1.29 is 5.11 Å². The topological polar surface area (TPSA) is 23.5 Å². The smallest absolute Gasteiger partial charge is 0.0537 e. The molecular weight excluding hydrogens is 278 g/mol. The number of thiophene rings is 1. The largest absolute Gasteiger partial charge is 0.395 e.